The van der Waals surface area contributed by atoms with Crippen molar-refractivity contribution in [2.24, 2.45) is 0 Å². The Labute approximate surface area is 117 Å². The molecule has 0 spiro atoms. The van der Waals surface area contributed by atoms with Gasteiger partial charge in [-0.3, -0.25) is 0 Å². The van der Waals surface area contributed by atoms with E-state index in [-0.39, 0.29) is 0 Å². The summed E-state index contributed by atoms with van der Waals surface area (Å²) in [6, 6.07) is 14.2. The molecule has 0 radical (unpaired) electrons. The zero-order chi connectivity index (χ0) is 11.5. The van der Waals surface area contributed by atoms with Gasteiger partial charge in [0.25, 0.3) is 0 Å². The van der Waals surface area contributed by atoms with Crippen LogP contribution in [-0.4, -0.2) is 0 Å². The van der Waals surface area contributed by atoms with Crippen molar-refractivity contribution >= 4 is 43.5 Å². The summed E-state index contributed by atoms with van der Waals surface area (Å²) in [5.74, 6) is 0. The van der Waals surface area contributed by atoms with Crippen molar-refractivity contribution in [1.82, 2.24) is 0 Å². The number of rotatable bonds is 2. The van der Waals surface area contributed by atoms with Crippen LogP contribution >= 0.6 is 43.5 Å². The smallest absolute Gasteiger partial charge is 0.0412 e. The molecular weight excluding hydrogens is 351 g/mol. The van der Waals surface area contributed by atoms with Crippen LogP contribution in [0.2, 0.25) is 5.02 Å². The largest absolute Gasteiger partial charge is 0.0876 e. The summed E-state index contributed by atoms with van der Waals surface area (Å²) in [6.07, 6.45) is 0. The number of hydrogen-bond acceptors (Lipinski definition) is 0. The summed E-state index contributed by atoms with van der Waals surface area (Å²) < 4.78 is 1.09. The average Bonchev–Trinajstić information content (AvgIpc) is 2.28. The molecule has 16 heavy (non-hydrogen) atoms. The Morgan fingerprint density at radius 1 is 1.06 bits per heavy atom. The van der Waals surface area contributed by atoms with E-state index in [9.17, 15) is 0 Å². The quantitative estimate of drug-likeness (QED) is 0.606. The van der Waals surface area contributed by atoms with Crippen LogP contribution in [0.3, 0.4) is 0 Å². The van der Waals surface area contributed by atoms with Gasteiger partial charge in [-0.1, -0.05) is 61.7 Å². The summed E-state index contributed by atoms with van der Waals surface area (Å²) in [7, 11) is 0. The van der Waals surface area contributed by atoms with Crippen LogP contribution < -0.4 is 0 Å². The van der Waals surface area contributed by atoms with E-state index in [1.165, 1.54) is 11.1 Å². The summed E-state index contributed by atoms with van der Waals surface area (Å²) >= 11 is 13.0. The second kappa shape index (κ2) is 5.35. The lowest BCUT2D eigenvalue weighted by Crippen LogP contribution is -1.86. The van der Waals surface area contributed by atoms with Crippen molar-refractivity contribution in [1.29, 1.82) is 0 Å². The fourth-order valence-electron chi connectivity index (χ4n) is 1.61. The normalized spacial score (nSPS) is 10.4. The molecule has 0 aliphatic carbocycles. The first-order valence-electron chi connectivity index (χ1n) is 4.81. The molecule has 3 heteroatoms. The third-order valence-electron chi connectivity index (χ3n) is 2.35. The third-order valence-corrected chi connectivity index (χ3v) is 3.68. The van der Waals surface area contributed by atoms with Crippen LogP contribution in [-0.2, 0) is 5.33 Å². The standard InChI is InChI=1S/C13H9Br2Cl/c14-8-10-6-11(15)4-5-13(10)9-2-1-3-12(16)7-9/h1-7H,8H2. The van der Waals surface area contributed by atoms with Gasteiger partial charge in [0.15, 0.2) is 0 Å². The summed E-state index contributed by atoms with van der Waals surface area (Å²) in [5.41, 5.74) is 3.61. The van der Waals surface area contributed by atoms with Crippen LogP contribution in [0.25, 0.3) is 11.1 Å². The van der Waals surface area contributed by atoms with E-state index >= 15 is 0 Å². The molecule has 0 atom stereocenters. The van der Waals surface area contributed by atoms with Crippen molar-refractivity contribution in [2.75, 3.05) is 0 Å². The van der Waals surface area contributed by atoms with Gasteiger partial charge in [0, 0.05) is 14.8 Å². The van der Waals surface area contributed by atoms with Gasteiger partial charge in [0.1, 0.15) is 0 Å². The van der Waals surface area contributed by atoms with E-state index < -0.39 is 0 Å². The predicted molar refractivity (Wildman–Crippen MR) is 77.2 cm³/mol. The van der Waals surface area contributed by atoms with E-state index in [1.54, 1.807) is 0 Å². The van der Waals surface area contributed by atoms with Crippen molar-refractivity contribution in [2.45, 2.75) is 5.33 Å². The molecular formula is C13H9Br2Cl. The second-order valence-electron chi connectivity index (χ2n) is 3.45. The number of alkyl halides is 1. The Kier molecular flexibility index (Phi) is 4.06. The molecule has 0 saturated heterocycles. The molecule has 0 amide bonds. The van der Waals surface area contributed by atoms with Gasteiger partial charge >= 0.3 is 0 Å². The van der Waals surface area contributed by atoms with E-state index in [1.807, 2.05) is 24.3 Å². The zero-order valence-corrected chi connectivity index (χ0v) is 12.3. The Hall–Kier alpha value is -0.310. The minimum absolute atomic E-state index is 0.765. The van der Waals surface area contributed by atoms with E-state index in [0.29, 0.717) is 0 Å². The molecule has 0 aromatic heterocycles. The second-order valence-corrected chi connectivity index (χ2v) is 5.36. The first-order chi connectivity index (χ1) is 7.70. The van der Waals surface area contributed by atoms with Crippen LogP contribution in [0.5, 0.6) is 0 Å². The minimum Gasteiger partial charge on any atom is -0.0876 e. The van der Waals surface area contributed by atoms with Gasteiger partial charge in [0.2, 0.25) is 0 Å². The lowest BCUT2D eigenvalue weighted by Gasteiger charge is -2.08. The monoisotopic (exact) mass is 358 g/mol. The molecule has 0 saturated carbocycles. The molecule has 0 nitrogen and oxygen atoms in total. The molecule has 2 aromatic carbocycles. The van der Waals surface area contributed by atoms with Crippen molar-refractivity contribution < 1.29 is 0 Å². The van der Waals surface area contributed by atoms with Gasteiger partial charge in [-0.2, -0.15) is 0 Å². The Bertz CT molecular complexity index is 509. The van der Waals surface area contributed by atoms with Gasteiger partial charge in [-0.25, -0.2) is 0 Å². The van der Waals surface area contributed by atoms with Crippen molar-refractivity contribution in [3.8, 4) is 11.1 Å². The van der Waals surface area contributed by atoms with Crippen LogP contribution in [0, 0.1) is 0 Å². The highest BCUT2D eigenvalue weighted by molar-refractivity contribution is 9.10. The van der Waals surface area contributed by atoms with Gasteiger partial charge in [-0.05, 0) is 41.0 Å². The summed E-state index contributed by atoms with van der Waals surface area (Å²) in [4.78, 5) is 0. The maximum Gasteiger partial charge on any atom is 0.0412 e. The molecule has 0 N–H and O–H groups in total. The average molecular weight is 360 g/mol. The highest BCUT2D eigenvalue weighted by Gasteiger charge is 2.05. The van der Waals surface area contributed by atoms with Crippen LogP contribution in [0.4, 0.5) is 0 Å². The highest BCUT2D eigenvalue weighted by Crippen LogP contribution is 2.29. The Morgan fingerprint density at radius 2 is 1.88 bits per heavy atom. The molecule has 0 aliphatic heterocycles. The Morgan fingerprint density at radius 3 is 2.56 bits per heavy atom. The van der Waals surface area contributed by atoms with E-state index in [2.05, 4.69) is 50.1 Å². The highest BCUT2D eigenvalue weighted by atomic mass is 79.9. The van der Waals surface area contributed by atoms with Gasteiger partial charge in [-0.15, -0.1) is 0 Å². The topological polar surface area (TPSA) is 0 Å². The van der Waals surface area contributed by atoms with Crippen LogP contribution in [0.1, 0.15) is 5.56 Å². The first kappa shape index (κ1) is 12.2. The molecule has 2 rings (SSSR count). The molecule has 0 heterocycles. The van der Waals surface area contributed by atoms with Gasteiger partial charge < -0.3 is 0 Å². The lowest BCUT2D eigenvalue weighted by atomic mass is 10.0. The number of hydrogen-bond donors (Lipinski definition) is 0. The van der Waals surface area contributed by atoms with Gasteiger partial charge in [0.05, 0.1) is 0 Å². The number of benzene rings is 2. The fraction of sp³-hybridized carbons (Fsp3) is 0.0769. The third kappa shape index (κ3) is 2.68. The molecule has 0 bridgehead atoms. The first-order valence-corrected chi connectivity index (χ1v) is 7.10. The maximum atomic E-state index is 6.00. The maximum absolute atomic E-state index is 6.00. The molecule has 0 aliphatic rings. The summed E-state index contributed by atoms with van der Waals surface area (Å²) in [6.45, 7) is 0. The molecule has 82 valence electrons. The predicted octanol–water partition coefficient (Wildman–Crippen LogP) is 5.66. The minimum atomic E-state index is 0.765. The van der Waals surface area contributed by atoms with E-state index in [0.717, 1.165) is 20.4 Å². The fourth-order valence-corrected chi connectivity index (χ4v) is 2.67. The van der Waals surface area contributed by atoms with Crippen molar-refractivity contribution in [3.05, 3.63) is 57.5 Å². The molecule has 2 aromatic rings. The summed E-state index contributed by atoms with van der Waals surface area (Å²) in [5, 5.41) is 1.59. The Balaban J connectivity index is 2.55. The molecule has 0 fully saturated rings. The molecule has 0 unspecified atom stereocenters. The van der Waals surface area contributed by atoms with Crippen LogP contribution in [0.15, 0.2) is 46.9 Å². The SMILES string of the molecule is Clc1cccc(-c2ccc(Br)cc2CBr)c1. The van der Waals surface area contributed by atoms with E-state index in [4.69, 9.17) is 11.6 Å². The lowest BCUT2D eigenvalue weighted by molar-refractivity contribution is 1.41. The number of halogens is 3. The van der Waals surface area contributed by atoms with Crippen molar-refractivity contribution in [3.63, 3.8) is 0 Å². The zero-order valence-electron chi connectivity index (χ0n) is 8.38.